The number of carboxylic acids is 1. The van der Waals surface area contributed by atoms with Crippen LogP contribution in [0.3, 0.4) is 0 Å². The second-order valence-corrected chi connectivity index (χ2v) is 9.89. The van der Waals surface area contributed by atoms with Gasteiger partial charge >= 0.3 is 5.97 Å². The maximum absolute atomic E-state index is 12.7. The summed E-state index contributed by atoms with van der Waals surface area (Å²) in [5.74, 6) is 0.477. The fourth-order valence-corrected chi connectivity index (χ4v) is 5.57. The maximum atomic E-state index is 12.7. The summed E-state index contributed by atoms with van der Waals surface area (Å²) in [6, 6.07) is 15.4. The molecule has 33 heavy (non-hydrogen) atoms. The molecule has 0 radical (unpaired) electrons. The Morgan fingerprint density at radius 1 is 0.939 bits per heavy atom. The predicted octanol–water partition coefficient (Wildman–Crippen LogP) is 6.96. The molecule has 0 bridgehead atoms. The van der Waals surface area contributed by atoms with Crippen LogP contribution in [0.15, 0.2) is 42.5 Å². The van der Waals surface area contributed by atoms with Gasteiger partial charge in [0, 0.05) is 25.1 Å². The Hall–Kier alpha value is -2.62. The quantitative estimate of drug-likeness (QED) is 0.423. The summed E-state index contributed by atoms with van der Waals surface area (Å²) in [6.45, 7) is 2.99. The number of carbonyl (C=O) groups is 2. The highest BCUT2D eigenvalue weighted by atomic mass is 16.4. The molecule has 1 heterocycles. The Labute approximate surface area is 198 Å². The minimum Gasteiger partial charge on any atom is -0.481 e. The van der Waals surface area contributed by atoms with Gasteiger partial charge in [0.05, 0.1) is 0 Å². The first kappa shape index (κ1) is 23.5. The van der Waals surface area contributed by atoms with Gasteiger partial charge in [-0.05, 0) is 84.7 Å². The standard InChI is InChI=1S/C29H37NO3/c1-2-3-4-5-6-28(31)30-18-17-26-20-25(15-16-27(26)30)24-13-11-23(12-14-24)22-9-7-21(8-10-22)19-29(32)33/h11-16,20-22H,2-10,17-19H2,1H3,(H,32,33)/t21-,22-. The highest BCUT2D eigenvalue weighted by Crippen LogP contribution is 2.38. The van der Waals surface area contributed by atoms with Crippen molar-refractivity contribution < 1.29 is 14.7 Å². The molecule has 0 saturated heterocycles. The van der Waals surface area contributed by atoms with E-state index in [2.05, 4.69) is 49.4 Å². The molecule has 1 aliphatic carbocycles. The maximum Gasteiger partial charge on any atom is 0.303 e. The SMILES string of the molecule is CCCCCCC(=O)N1CCc2cc(-c3ccc([C@H]4CC[C@H](CC(=O)O)CC4)cc3)ccc21. The van der Waals surface area contributed by atoms with E-state index < -0.39 is 5.97 Å². The van der Waals surface area contributed by atoms with Crippen molar-refractivity contribution in [2.24, 2.45) is 5.92 Å². The lowest BCUT2D eigenvalue weighted by molar-refractivity contribution is -0.138. The van der Waals surface area contributed by atoms with Gasteiger partial charge in [0.25, 0.3) is 0 Å². The Kier molecular flexibility index (Phi) is 7.85. The van der Waals surface area contributed by atoms with Gasteiger partial charge in [0.2, 0.25) is 5.91 Å². The van der Waals surface area contributed by atoms with Gasteiger partial charge in [-0.2, -0.15) is 0 Å². The van der Waals surface area contributed by atoms with E-state index in [1.54, 1.807) is 0 Å². The molecular weight excluding hydrogens is 410 g/mol. The van der Waals surface area contributed by atoms with E-state index in [0.29, 0.717) is 24.7 Å². The molecule has 0 aromatic heterocycles. The largest absolute Gasteiger partial charge is 0.481 e. The lowest BCUT2D eigenvalue weighted by Gasteiger charge is -2.28. The summed E-state index contributed by atoms with van der Waals surface area (Å²) in [4.78, 5) is 25.6. The van der Waals surface area contributed by atoms with Crippen LogP contribution < -0.4 is 4.90 Å². The number of anilines is 1. The molecule has 2 aromatic rings. The number of benzene rings is 2. The molecule has 4 rings (SSSR count). The average Bonchev–Trinajstić information content (AvgIpc) is 3.25. The lowest BCUT2D eigenvalue weighted by atomic mass is 9.77. The van der Waals surface area contributed by atoms with Crippen LogP contribution in [0.4, 0.5) is 5.69 Å². The molecule has 176 valence electrons. The van der Waals surface area contributed by atoms with Crippen LogP contribution in [0.1, 0.15) is 88.2 Å². The first-order valence-corrected chi connectivity index (χ1v) is 12.8. The molecule has 1 fully saturated rings. The van der Waals surface area contributed by atoms with Crippen LogP contribution in [0, 0.1) is 5.92 Å². The number of fused-ring (bicyclic) bond motifs is 1. The normalized spacial score (nSPS) is 20.0. The molecule has 1 amide bonds. The zero-order valence-corrected chi connectivity index (χ0v) is 19.9. The van der Waals surface area contributed by atoms with Gasteiger partial charge in [0.15, 0.2) is 0 Å². The molecule has 0 atom stereocenters. The summed E-state index contributed by atoms with van der Waals surface area (Å²) in [6.07, 6.45) is 10.6. The zero-order valence-electron chi connectivity index (χ0n) is 19.9. The monoisotopic (exact) mass is 447 g/mol. The van der Waals surface area contributed by atoms with Crippen LogP contribution in [0.2, 0.25) is 0 Å². The van der Waals surface area contributed by atoms with Gasteiger partial charge in [-0.3, -0.25) is 9.59 Å². The number of amides is 1. The van der Waals surface area contributed by atoms with E-state index in [0.717, 1.165) is 57.2 Å². The number of nitrogens with zero attached hydrogens (tertiary/aromatic N) is 1. The first-order chi connectivity index (χ1) is 16.0. The Morgan fingerprint density at radius 3 is 2.36 bits per heavy atom. The topological polar surface area (TPSA) is 57.6 Å². The fourth-order valence-electron chi connectivity index (χ4n) is 5.57. The van der Waals surface area contributed by atoms with E-state index in [1.165, 1.54) is 35.1 Å². The number of hydrogen-bond acceptors (Lipinski definition) is 2. The number of unbranched alkanes of at least 4 members (excludes halogenated alkanes) is 3. The minimum atomic E-state index is -0.670. The van der Waals surface area contributed by atoms with E-state index in [1.807, 2.05) is 4.90 Å². The first-order valence-electron chi connectivity index (χ1n) is 12.8. The number of carbonyl (C=O) groups excluding carboxylic acids is 1. The van der Waals surface area contributed by atoms with Crippen molar-refractivity contribution in [3.05, 3.63) is 53.6 Å². The van der Waals surface area contributed by atoms with E-state index in [-0.39, 0.29) is 5.91 Å². The third-order valence-electron chi connectivity index (χ3n) is 7.55. The summed E-state index contributed by atoms with van der Waals surface area (Å²) in [5.41, 5.74) is 6.16. The van der Waals surface area contributed by atoms with Gasteiger partial charge in [-0.15, -0.1) is 0 Å². The molecule has 4 heteroatoms. The van der Waals surface area contributed by atoms with Crippen molar-refractivity contribution in [2.45, 2.75) is 83.5 Å². The molecule has 2 aromatic carbocycles. The molecule has 0 unspecified atom stereocenters. The van der Waals surface area contributed by atoms with Crippen molar-refractivity contribution in [1.29, 1.82) is 0 Å². The lowest BCUT2D eigenvalue weighted by Crippen LogP contribution is -2.28. The second kappa shape index (κ2) is 11.0. The summed E-state index contributed by atoms with van der Waals surface area (Å²) in [5, 5.41) is 9.02. The highest BCUT2D eigenvalue weighted by Gasteiger charge is 2.25. The van der Waals surface area contributed by atoms with E-state index in [4.69, 9.17) is 5.11 Å². The van der Waals surface area contributed by atoms with Crippen LogP contribution in [0.25, 0.3) is 11.1 Å². The number of rotatable bonds is 9. The van der Waals surface area contributed by atoms with E-state index >= 15 is 0 Å². The molecule has 0 spiro atoms. The Morgan fingerprint density at radius 2 is 1.67 bits per heavy atom. The molecule has 2 aliphatic rings. The van der Waals surface area contributed by atoms with E-state index in [9.17, 15) is 9.59 Å². The van der Waals surface area contributed by atoms with Gasteiger partial charge in [-0.1, -0.05) is 56.5 Å². The molecule has 1 N–H and O–H groups in total. The summed E-state index contributed by atoms with van der Waals surface area (Å²) < 4.78 is 0. The third kappa shape index (κ3) is 5.85. The fraction of sp³-hybridized carbons (Fsp3) is 0.517. The zero-order chi connectivity index (χ0) is 23.2. The molecular formula is C29H37NO3. The van der Waals surface area contributed by atoms with Crippen molar-refractivity contribution >= 4 is 17.6 Å². The molecule has 1 aliphatic heterocycles. The Bertz CT molecular complexity index is 957. The van der Waals surface area contributed by atoms with Gasteiger partial charge < -0.3 is 10.0 Å². The molecule has 1 saturated carbocycles. The number of aliphatic carboxylic acids is 1. The average molecular weight is 448 g/mol. The van der Waals surface area contributed by atoms with Crippen molar-refractivity contribution in [3.63, 3.8) is 0 Å². The van der Waals surface area contributed by atoms with Crippen LogP contribution in [-0.4, -0.2) is 23.5 Å². The van der Waals surface area contributed by atoms with Crippen molar-refractivity contribution in [3.8, 4) is 11.1 Å². The van der Waals surface area contributed by atoms with Crippen LogP contribution in [0.5, 0.6) is 0 Å². The van der Waals surface area contributed by atoms with Crippen molar-refractivity contribution in [2.75, 3.05) is 11.4 Å². The van der Waals surface area contributed by atoms with Crippen LogP contribution >= 0.6 is 0 Å². The summed E-state index contributed by atoms with van der Waals surface area (Å²) >= 11 is 0. The summed E-state index contributed by atoms with van der Waals surface area (Å²) in [7, 11) is 0. The van der Waals surface area contributed by atoms with Gasteiger partial charge in [0.1, 0.15) is 0 Å². The Balaban J connectivity index is 1.37. The minimum absolute atomic E-state index is 0.264. The predicted molar refractivity (Wildman–Crippen MR) is 134 cm³/mol. The van der Waals surface area contributed by atoms with Gasteiger partial charge in [-0.25, -0.2) is 0 Å². The van der Waals surface area contributed by atoms with Crippen LogP contribution in [-0.2, 0) is 16.0 Å². The highest BCUT2D eigenvalue weighted by molar-refractivity contribution is 5.95. The van der Waals surface area contributed by atoms with Crippen molar-refractivity contribution in [1.82, 2.24) is 0 Å². The molecule has 4 nitrogen and oxygen atoms in total. The number of carboxylic acid groups (broad SMARTS) is 1. The second-order valence-electron chi connectivity index (χ2n) is 9.89. The third-order valence-corrected chi connectivity index (χ3v) is 7.55. The number of hydrogen-bond donors (Lipinski definition) is 1. The smallest absolute Gasteiger partial charge is 0.303 e.